The number of amides is 1. The summed E-state index contributed by atoms with van der Waals surface area (Å²) in [5, 5.41) is 0.431. The lowest BCUT2D eigenvalue weighted by Gasteiger charge is -2.21. The van der Waals surface area contributed by atoms with Crippen LogP contribution in [0.5, 0.6) is 11.5 Å². The van der Waals surface area contributed by atoms with Gasteiger partial charge in [0.05, 0.1) is 31.0 Å². The van der Waals surface area contributed by atoms with Crippen LogP contribution in [0.2, 0.25) is 0 Å². The van der Waals surface area contributed by atoms with E-state index in [1.54, 1.807) is 25.2 Å². The molecule has 0 aliphatic heterocycles. The predicted octanol–water partition coefficient (Wildman–Crippen LogP) is 4.00. The van der Waals surface area contributed by atoms with Gasteiger partial charge < -0.3 is 19.4 Å². The number of benzene rings is 2. The molecule has 1 N–H and O–H groups in total. The van der Waals surface area contributed by atoms with E-state index in [4.69, 9.17) is 9.47 Å². The van der Waals surface area contributed by atoms with E-state index in [1.165, 1.54) is 11.8 Å². The molecule has 1 aromatic heterocycles. The summed E-state index contributed by atoms with van der Waals surface area (Å²) in [5.74, 6) is -0.607. The molecule has 0 aliphatic carbocycles. The maximum Gasteiger partial charge on any atom is 0.233 e. The molecule has 0 saturated carbocycles. The molecule has 3 aromatic rings. The number of rotatable bonds is 8. The molecule has 9 heteroatoms. The highest BCUT2D eigenvalue weighted by atomic mass is 32.2. The van der Waals surface area contributed by atoms with Crippen molar-refractivity contribution >= 4 is 28.7 Å². The summed E-state index contributed by atoms with van der Waals surface area (Å²) in [6.45, 7) is 2.85. The van der Waals surface area contributed by atoms with Crippen molar-refractivity contribution in [1.82, 2.24) is 14.9 Å². The van der Waals surface area contributed by atoms with Crippen LogP contribution in [0.3, 0.4) is 0 Å². The minimum atomic E-state index is -0.955. The van der Waals surface area contributed by atoms with E-state index in [0.717, 1.165) is 17.7 Å². The molecule has 0 atom stereocenters. The fraction of sp³-hybridized carbons (Fsp3) is 0.300. The number of hydrogen-bond donors (Lipinski definition) is 1. The van der Waals surface area contributed by atoms with Crippen LogP contribution in [0.4, 0.5) is 8.78 Å². The van der Waals surface area contributed by atoms with Crippen molar-refractivity contribution in [2.75, 3.05) is 26.5 Å². The molecule has 1 amide bonds. The summed E-state index contributed by atoms with van der Waals surface area (Å²) >= 11 is 1.19. The zero-order valence-electron chi connectivity index (χ0n) is 16.3. The van der Waals surface area contributed by atoms with Crippen LogP contribution in [-0.2, 0) is 11.3 Å². The van der Waals surface area contributed by atoms with Crippen LogP contribution < -0.4 is 9.47 Å². The lowest BCUT2D eigenvalue weighted by molar-refractivity contribution is -0.128. The average molecular weight is 421 g/mol. The van der Waals surface area contributed by atoms with Crippen LogP contribution in [0.25, 0.3) is 11.0 Å². The number of thioether (sulfide) groups is 1. The quantitative estimate of drug-likeness (QED) is 0.557. The van der Waals surface area contributed by atoms with E-state index >= 15 is 0 Å². The molecule has 0 aliphatic rings. The van der Waals surface area contributed by atoms with Gasteiger partial charge in [-0.15, -0.1) is 0 Å². The van der Waals surface area contributed by atoms with Crippen molar-refractivity contribution in [3.63, 3.8) is 0 Å². The molecule has 6 nitrogen and oxygen atoms in total. The van der Waals surface area contributed by atoms with E-state index in [1.807, 2.05) is 19.1 Å². The molecular formula is C20H21F2N3O3S. The number of aromatic amines is 1. The Morgan fingerprint density at radius 3 is 2.55 bits per heavy atom. The summed E-state index contributed by atoms with van der Waals surface area (Å²) in [6.07, 6.45) is 0. The first kappa shape index (κ1) is 20.9. The Morgan fingerprint density at radius 2 is 1.86 bits per heavy atom. The molecular weight excluding hydrogens is 400 g/mol. The number of ether oxygens (including phenoxy) is 2. The summed E-state index contributed by atoms with van der Waals surface area (Å²) in [6, 6.07) is 7.60. The first-order valence-corrected chi connectivity index (χ1v) is 9.90. The maximum atomic E-state index is 13.3. The summed E-state index contributed by atoms with van der Waals surface area (Å²) in [5.41, 5.74) is 1.62. The van der Waals surface area contributed by atoms with Gasteiger partial charge in [-0.05, 0) is 24.6 Å². The number of halogens is 2. The van der Waals surface area contributed by atoms with Crippen molar-refractivity contribution < 1.29 is 23.0 Å². The third-order valence-electron chi connectivity index (χ3n) is 4.39. The average Bonchev–Trinajstić information content (AvgIpc) is 3.11. The van der Waals surface area contributed by atoms with Crippen LogP contribution in [0, 0.1) is 11.6 Å². The van der Waals surface area contributed by atoms with E-state index in [9.17, 15) is 13.6 Å². The fourth-order valence-corrected chi connectivity index (χ4v) is 3.63. The third-order valence-corrected chi connectivity index (χ3v) is 5.25. The molecule has 0 spiro atoms. The van der Waals surface area contributed by atoms with Crippen molar-refractivity contribution in [1.29, 1.82) is 0 Å². The normalized spacial score (nSPS) is 10.9. The largest absolute Gasteiger partial charge is 0.493 e. The Labute approximate surface area is 171 Å². The summed E-state index contributed by atoms with van der Waals surface area (Å²) < 4.78 is 37.2. The number of H-pyrrole nitrogens is 1. The first-order valence-electron chi connectivity index (χ1n) is 8.91. The monoisotopic (exact) mass is 421 g/mol. The molecule has 0 saturated heterocycles. The van der Waals surface area contributed by atoms with Crippen molar-refractivity contribution in [2.45, 2.75) is 18.6 Å². The zero-order valence-corrected chi connectivity index (χ0v) is 17.1. The number of nitrogens with one attached hydrogen (secondary N) is 1. The van der Waals surface area contributed by atoms with Gasteiger partial charge in [-0.2, -0.15) is 0 Å². The highest BCUT2D eigenvalue weighted by Crippen LogP contribution is 2.28. The molecule has 3 rings (SSSR count). The number of carbonyl (C=O) groups excluding carboxylic acids is 1. The van der Waals surface area contributed by atoms with Gasteiger partial charge in [-0.1, -0.05) is 17.8 Å². The minimum absolute atomic E-state index is 0.0786. The zero-order chi connectivity index (χ0) is 21.0. The van der Waals surface area contributed by atoms with E-state index in [-0.39, 0.29) is 11.7 Å². The van der Waals surface area contributed by atoms with Gasteiger partial charge in [0.25, 0.3) is 0 Å². The molecule has 0 bridgehead atoms. The Kier molecular flexibility index (Phi) is 6.58. The highest BCUT2D eigenvalue weighted by molar-refractivity contribution is 7.99. The van der Waals surface area contributed by atoms with Gasteiger partial charge in [0.1, 0.15) is 0 Å². The molecule has 29 heavy (non-hydrogen) atoms. The predicted molar refractivity (Wildman–Crippen MR) is 107 cm³/mol. The SMILES string of the molecule is CCN(Cc1ccc(OC)c(OC)c1)C(=O)CSc1nc2cc(F)c(F)cc2[nH]1. The van der Waals surface area contributed by atoms with Crippen molar-refractivity contribution in [3.8, 4) is 11.5 Å². The van der Waals surface area contributed by atoms with Crippen LogP contribution in [0.15, 0.2) is 35.5 Å². The fourth-order valence-electron chi connectivity index (χ4n) is 2.85. The molecule has 0 unspecified atom stereocenters. The molecule has 0 fully saturated rings. The number of imidazole rings is 1. The molecule has 154 valence electrons. The Morgan fingerprint density at radius 1 is 1.14 bits per heavy atom. The van der Waals surface area contributed by atoms with Gasteiger partial charge in [-0.25, -0.2) is 13.8 Å². The third kappa shape index (κ3) is 4.79. The molecule has 2 aromatic carbocycles. The first-order chi connectivity index (χ1) is 13.9. The Hall–Kier alpha value is -2.81. The van der Waals surface area contributed by atoms with E-state index < -0.39 is 11.6 Å². The minimum Gasteiger partial charge on any atom is -0.493 e. The standard InChI is InChI=1S/C20H21F2N3O3S/c1-4-25(10-12-5-6-17(27-2)18(7-12)28-3)19(26)11-29-20-23-15-8-13(21)14(22)9-16(15)24-20/h5-9H,4,10-11H2,1-3H3,(H,23,24). The number of methoxy groups -OCH3 is 2. The Bertz CT molecular complexity index is 987. The van der Waals surface area contributed by atoms with Crippen LogP contribution in [-0.4, -0.2) is 47.3 Å². The highest BCUT2D eigenvalue weighted by Gasteiger charge is 2.16. The second kappa shape index (κ2) is 9.13. The second-order valence-corrected chi connectivity index (χ2v) is 7.18. The number of nitrogens with zero attached hydrogens (tertiary/aromatic N) is 2. The lowest BCUT2D eigenvalue weighted by Crippen LogP contribution is -2.31. The van der Waals surface area contributed by atoms with E-state index in [0.29, 0.717) is 40.8 Å². The Balaban J connectivity index is 1.65. The molecule has 0 radical (unpaired) electrons. The molecule has 1 heterocycles. The topological polar surface area (TPSA) is 67.5 Å². The van der Waals surface area contributed by atoms with Gasteiger partial charge in [0.15, 0.2) is 28.3 Å². The van der Waals surface area contributed by atoms with E-state index in [2.05, 4.69) is 9.97 Å². The second-order valence-electron chi connectivity index (χ2n) is 6.21. The number of carbonyl (C=O) groups is 1. The van der Waals surface area contributed by atoms with Gasteiger partial charge in [0, 0.05) is 25.2 Å². The van der Waals surface area contributed by atoms with Gasteiger partial charge in [-0.3, -0.25) is 4.79 Å². The van der Waals surface area contributed by atoms with Crippen molar-refractivity contribution in [3.05, 3.63) is 47.5 Å². The summed E-state index contributed by atoms with van der Waals surface area (Å²) in [7, 11) is 3.13. The number of aromatic nitrogens is 2. The van der Waals surface area contributed by atoms with Crippen molar-refractivity contribution in [2.24, 2.45) is 0 Å². The van der Waals surface area contributed by atoms with Crippen LogP contribution in [0.1, 0.15) is 12.5 Å². The number of hydrogen-bond acceptors (Lipinski definition) is 5. The maximum absolute atomic E-state index is 13.3. The van der Waals surface area contributed by atoms with Gasteiger partial charge in [0.2, 0.25) is 5.91 Å². The lowest BCUT2D eigenvalue weighted by atomic mass is 10.2. The van der Waals surface area contributed by atoms with Gasteiger partial charge >= 0.3 is 0 Å². The number of fused-ring (bicyclic) bond motifs is 1. The summed E-state index contributed by atoms with van der Waals surface area (Å²) in [4.78, 5) is 21.4. The smallest absolute Gasteiger partial charge is 0.233 e. The van der Waals surface area contributed by atoms with Crippen LogP contribution >= 0.6 is 11.8 Å².